The largest absolute Gasteiger partial charge is 0.496 e. The van der Waals surface area contributed by atoms with E-state index in [0.717, 1.165) is 17.1 Å². The first-order valence-corrected chi connectivity index (χ1v) is 11.3. The summed E-state index contributed by atoms with van der Waals surface area (Å²) in [4.78, 5) is 23.2. The molecule has 1 heterocycles. The number of thioether (sulfide) groups is 1. The Kier molecular flexibility index (Phi) is 7.88. The Hall–Kier alpha value is -3.60. The first-order valence-electron chi connectivity index (χ1n) is 10.3. The van der Waals surface area contributed by atoms with E-state index >= 15 is 0 Å². The highest BCUT2D eigenvalue weighted by Crippen LogP contribution is 2.29. The number of aryl methyl sites for hydroxylation is 2. The normalized spacial score (nSPS) is 10.7. The van der Waals surface area contributed by atoms with Crippen molar-refractivity contribution in [3.05, 3.63) is 63.5 Å². The third kappa shape index (κ3) is 6.01. The van der Waals surface area contributed by atoms with Crippen LogP contribution in [0.4, 0.5) is 17.1 Å². The summed E-state index contributed by atoms with van der Waals surface area (Å²) in [5, 5.41) is 26.4. The zero-order valence-electron chi connectivity index (χ0n) is 18.9. The van der Waals surface area contributed by atoms with Gasteiger partial charge in [-0.3, -0.25) is 14.9 Å². The molecule has 0 spiro atoms. The van der Waals surface area contributed by atoms with Crippen molar-refractivity contribution in [2.45, 2.75) is 39.0 Å². The van der Waals surface area contributed by atoms with Gasteiger partial charge >= 0.3 is 0 Å². The summed E-state index contributed by atoms with van der Waals surface area (Å²) < 4.78 is 6.95. The molecule has 0 bridgehead atoms. The number of nitro benzene ring substituents is 1. The number of hydrogen-bond donors (Lipinski definition) is 2. The van der Waals surface area contributed by atoms with Gasteiger partial charge in [-0.15, -0.1) is 10.2 Å². The van der Waals surface area contributed by atoms with E-state index in [-0.39, 0.29) is 23.0 Å². The van der Waals surface area contributed by atoms with Gasteiger partial charge in [0, 0.05) is 12.2 Å². The minimum atomic E-state index is -0.561. The molecule has 11 heteroatoms. The Labute approximate surface area is 195 Å². The predicted molar refractivity (Wildman–Crippen MR) is 128 cm³/mol. The molecule has 33 heavy (non-hydrogen) atoms. The molecule has 0 atom stereocenters. The number of methoxy groups -OCH3 is 1. The van der Waals surface area contributed by atoms with Crippen molar-refractivity contribution in [2.24, 2.45) is 0 Å². The molecule has 3 aromatic rings. The van der Waals surface area contributed by atoms with Crippen LogP contribution in [0.15, 0.2) is 41.6 Å². The number of ether oxygens (including phenoxy) is 1. The Balaban J connectivity index is 1.63. The van der Waals surface area contributed by atoms with Crippen LogP contribution in [0.2, 0.25) is 0 Å². The Morgan fingerprint density at radius 2 is 1.94 bits per heavy atom. The molecule has 0 radical (unpaired) electrons. The molecular weight excluding hydrogens is 444 g/mol. The van der Waals surface area contributed by atoms with Crippen molar-refractivity contribution in [1.29, 1.82) is 0 Å². The van der Waals surface area contributed by atoms with E-state index in [9.17, 15) is 14.9 Å². The standard InChI is InChI=1S/C22H26N6O4S/c1-5-27-20(12-23-17-8-6-14(2)10-15(17)3)25-26-22(27)33-13-21(29)24-18-9-7-16(32-4)11-19(18)28(30)31/h6-11,23H,5,12-13H2,1-4H3,(H,24,29). The Bertz CT molecular complexity index is 1160. The first-order chi connectivity index (χ1) is 15.8. The zero-order chi connectivity index (χ0) is 24.0. The zero-order valence-corrected chi connectivity index (χ0v) is 19.7. The second-order valence-corrected chi connectivity index (χ2v) is 8.23. The number of amides is 1. The van der Waals surface area contributed by atoms with E-state index in [1.165, 1.54) is 36.6 Å². The number of aromatic nitrogens is 3. The van der Waals surface area contributed by atoms with Crippen LogP contribution in [-0.4, -0.2) is 38.5 Å². The van der Waals surface area contributed by atoms with Gasteiger partial charge in [0.25, 0.3) is 5.69 Å². The number of nitrogens with one attached hydrogen (secondary N) is 2. The maximum Gasteiger partial charge on any atom is 0.296 e. The highest BCUT2D eigenvalue weighted by Gasteiger charge is 2.18. The lowest BCUT2D eigenvalue weighted by molar-refractivity contribution is -0.384. The minimum Gasteiger partial charge on any atom is -0.496 e. The third-order valence-corrected chi connectivity index (χ3v) is 5.90. The minimum absolute atomic E-state index is 0.0335. The van der Waals surface area contributed by atoms with Gasteiger partial charge in [-0.05, 0) is 44.5 Å². The average molecular weight is 471 g/mol. The highest BCUT2D eigenvalue weighted by molar-refractivity contribution is 7.99. The number of hydrogen-bond acceptors (Lipinski definition) is 8. The van der Waals surface area contributed by atoms with E-state index in [0.29, 0.717) is 24.0 Å². The fourth-order valence-corrected chi connectivity index (χ4v) is 4.09. The highest BCUT2D eigenvalue weighted by atomic mass is 32.2. The summed E-state index contributed by atoms with van der Waals surface area (Å²) >= 11 is 1.22. The monoisotopic (exact) mass is 470 g/mol. The first kappa shape index (κ1) is 24.1. The summed E-state index contributed by atoms with van der Waals surface area (Å²) in [7, 11) is 1.42. The van der Waals surface area contributed by atoms with E-state index in [4.69, 9.17) is 4.74 Å². The molecule has 3 rings (SSSR count). The van der Waals surface area contributed by atoms with Crippen molar-refractivity contribution >= 4 is 34.7 Å². The number of carbonyl (C=O) groups excluding carboxylic acids is 1. The van der Waals surface area contributed by atoms with Gasteiger partial charge in [0.05, 0.1) is 30.4 Å². The van der Waals surface area contributed by atoms with E-state index in [1.807, 2.05) is 30.5 Å². The van der Waals surface area contributed by atoms with Crippen molar-refractivity contribution in [3.8, 4) is 5.75 Å². The molecule has 0 fully saturated rings. The van der Waals surface area contributed by atoms with E-state index in [1.54, 1.807) is 6.07 Å². The van der Waals surface area contributed by atoms with Crippen LogP contribution in [0.1, 0.15) is 23.9 Å². The van der Waals surface area contributed by atoms with Crippen molar-refractivity contribution in [3.63, 3.8) is 0 Å². The number of anilines is 2. The molecule has 0 aliphatic carbocycles. The molecule has 1 amide bonds. The fraction of sp³-hybridized carbons (Fsp3) is 0.318. The van der Waals surface area contributed by atoms with Gasteiger partial charge in [0.15, 0.2) is 11.0 Å². The molecule has 0 saturated carbocycles. The van der Waals surface area contributed by atoms with Crippen molar-refractivity contribution in [1.82, 2.24) is 14.8 Å². The quantitative estimate of drug-likeness (QED) is 0.257. The summed E-state index contributed by atoms with van der Waals surface area (Å²) in [6.07, 6.45) is 0. The lowest BCUT2D eigenvalue weighted by atomic mass is 10.1. The SMILES string of the molecule is CCn1c(CNc2ccc(C)cc2C)nnc1SCC(=O)Nc1ccc(OC)cc1[N+](=O)[O-]. The number of benzene rings is 2. The molecule has 2 aromatic carbocycles. The predicted octanol–water partition coefficient (Wildman–Crippen LogP) is 4.17. The second kappa shape index (κ2) is 10.8. The number of nitrogens with zero attached hydrogens (tertiary/aromatic N) is 4. The van der Waals surface area contributed by atoms with Crippen LogP contribution >= 0.6 is 11.8 Å². The Morgan fingerprint density at radius 1 is 1.18 bits per heavy atom. The molecule has 174 valence electrons. The van der Waals surface area contributed by atoms with Gasteiger partial charge in [-0.25, -0.2) is 0 Å². The van der Waals surface area contributed by atoms with Crippen LogP contribution in [0.25, 0.3) is 0 Å². The van der Waals surface area contributed by atoms with Gasteiger partial charge in [0.1, 0.15) is 11.4 Å². The van der Waals surface area contributed by atoms with Gasteiger partial charge in [0.2, 0.25) is 5.91 Å². The maximum atomic E-state index is 12.4. The smallest absolute Gasteiger partial charge is 0.296 e. The number of carbonyl (C=O) groups is 1. The molecule has 2 N–H and O–H groups in total. The fourth-order valence-electron chi connectivity index (χ4n) is 3.27. The van der Waals surface area contributed by atoms with Gasteiger partial charge < -0.3 is 19.9 Å². The van der Waals surface area contributed by atoms with Crippen LogP contribution in [0.3, 0.4) is 0 Å². The van der Waals surface area contributed by atoms with Gasteiger partial charge in [-0.1, -0.05) is 29.5 Å². The Morgan fingerprint density at radius 3 is 2.61 bits per heavy atom. The second-order valence-electron chi connectivity index (χ2n) is 7.29. The van der Waals surface area contributed by atoms with Gasteiger partial charge in [-0.2, -0.15) is 0 Å². The molecule has 0 aliphatic rings. The topological polar surface area (TPSA) is 124 Å². The number of nitro groups is 1. The molecule has 0 unspecified atom stereocenters. The van der Waals surface area contributed by atoms with Crippen molar-refractivity contribution < 1.29 is 14.5 Å². The summed E-state index contributed by atoms with van der Waals surface area (Å²) in [5.41, 5.74) is 3.26. The summed E-state index contributed by atoms with van der Waals surface area (Å²) in [6.45, 7) is 7.22. The maximum absolute atomic E-state index is 12.4. The number of rotatable bonds is 10. The lowest BCUT2D eigenvalue weighted by Crippen LogP contribution is -2.16. The molecular formula is C22H26N6O4S. The molecule has 0 aliphatic heterocycles. The van der Waals surface area contributed by atoms with Crippen LogP contribution in [0, 0.1) is 24.0 Å². The van der Waals surface area contributed by atoms with E-state index < -0.39 is 4.92 Å². The lowest BCUT2D eigenvalue weighted by Gasteiger charge is -2.11. The average Bonchev–Trinajstić information content (AvgIpc) is 3.19. The van der Waals surface area contributed by atoms with Crippen LogP contribution < -0.4 is 15.4 Å². The summed E-state index contributed by atoms with van der Waals surface area (Å²) in [6, 6.07) is 10.5. The van der Waals surface area contributed by atoms with Crippen molar-refractivity contribution in [2.75, 3.05) is 23.5 Å². The summed E-state index contributed by atoms with van der Waals surface area (Å²) in [5.74, 6) is 0.748. The van der Waals surface area contributed by atoms with Crippen LogP contribution in [-0.2, 0) is 17.9 Å². The van der Waals surface area contributed by atoms with Crippen LogP contribution in [0.5, 0.6) is 5.75 Å². The van der Waals surface area contributed by atoms with E-state index in [2.05, 4.69) is 33.8 Å². The third-order valence-electron chi connectivity index (χ3n) is 4.94. The molecule has 1 aromatic heterocycles. The molecule has 0 saturated heterocycles. The molecule has 10 nitrogen and oxygen atoms in total.